The van der Waals surface area contributed by atoms with Crippen LogP contribution < -0.4 is 14.6 Å². The summed E-state index contributed by atoms with van der Waals surface area (Å²) in [6, 6.07) is 1.77. The van der Waals surface area contributed by atoms with E-state index in [1.54, 1.807) is 11.0 Å². The van der Waals surface area contributed by atoms with E-state index in [-0.39, 0.29) is 18.4 Å². The lowest BCUT2D eigenvalue weighted by atomic mass is 9.98. The van der Waals surface area contributed by atoms with Crippen molar-refractivity contribution in [2.45, 2.75) is 12.8 Å². The van der Waals surface area contributed by atoms with Crippen LogP contribution in [-0.4, -0.2) is 46.0 Å². The van der Waals surface area contributed by atoms with Gasteiger partial charge in [0.15, 0.2) is 0 Å². The first kappa shape index (κ1) is 16.2. The summed E-state index contributed by atoms with van der Waals surface area (Å²) < 4.78 is 29.3. The van der Waals surface area contributed by atoms with E-state index in [2.05, 4.69) is 4.72 Å². The van der Waals surface area contributed by atoms with E-state index in [1.165, 1.54) is 18.4 Å². The molecule has 0 bridgehead atoms. The summed E-state index contributed by atoms with van der Waals surface area (Å²) in [7, 11) is -2.15. The van der Waals surface area contributed by atoms with Crippen LogP contribution in [0.2, 0.25) is 0 Å². The van der Waals surface area contributed by atoms with Crippen molar-refractivity contribution in [3.63, 3.8) is 0 Å². The molecular formula is C12H19N3O4S2. The van der Waals surface area contributed by atoms with Gasteiger partial charge in [0, 0.05) is 19.6 Å². The zero-order valence-electron chi connectivity index (χ0n) is 11.7. The number of nitrogens with two attached hydrogens (primary N) is 1. The van der Waals surface area contributed by atoms with E-state index in [4.69, 9.17) is 9.88 Å². The summed E-state index contributed by atoms with van der Waals surface area (Å²) in [5.41, 5.74) is 0. The van der Waals surface area contributed by atoms with Crippen LogP contribution in [0.25, 0.3) is 0 Å². The Labute approximate surface area is 128 Å². The Morgan fingerprint density at radius 1 is 1.62 bits per heavy atom. The minimum Gasteiger partial charge on any atom is -0.495 e. The molecule has 1 aromatic heterocycles. The second-order valence-electron chi connectivity index (χ2n) is 4.97. The van der Waals surface area contributed by atoms with E-state index >= 15 is 0 Å². The largest absolute Gasteiger partial charge is 0.495 e. The number of piperidine rings is 1. The van der Waals surface area contributed by atoms with Gasteiger partial charge in [0.25, 0.3) is 16.1 Å². The Kier molecular flexibility index (Phi) is 5.20. The summed E-state index contributed by atoms with van der Waals surface area (Å²) in [5.74, 6) is 0.587. The monoisotopic (exact) mass is 333 g/mol. The third-order valence-corrected chi connectivity index (χ3v) is 4.88. The molecule has 0 saturated carbocycles. The van der Waals surface area contributed by atoms with Crippen molar-refractivity contribution in [3.05, 3.63) is 16.3 Å². The number of hydrogen-bond acceptors (Lipinski definition) is 5. The van der Waals surface area contributed by atoms with Crippen LogP contribution in [0.4, 0.5) is 0 Å². The maximum absolute atomic E-state index is 12.5. The number of rotatable bonds is 5. The van der Waals surface area contributed by atoms with Crippen LogP contribution in [0, 0.1) is 5.92 Å². The fraction of sp³-hybridized carbons (Fsp3) is 0.583. The molecule has 1 amide bonds. The number of thiophene rings is 1. The number of amides is 1. The molecule has 1 aromatic rings. The molecule has 118 valence electrons. The van der Waals surface area contributed by atoms with Crippen molar-refractivity contribution >= 4 is 27.5 Å². The fourth-order valence-electron chi connectivity index (χ4n) is 2.41. The van der Waals surface area contributed by atoms with Crippen LogP contribution in [0.5, 0.6) is 5.75 Å². The van der Waals surface area contributed by atoms with Gasteiger partial charge in [-0.1, -0.05) is 0 Å². The van der Waals surface area contributed by atoms with E-state index in [0.29, 0.717) is 23.7 Å². The number of carbonyl (C=O) groups excluding carboxylic acids is 1. The molecule has 2 rings (SSSR count). The molecule has 1 atom stereocenters. The zero-order chi connectivity index (χ0) is 15.5. The third-order valence-electron chi connectivity index (χ3n) is 3.42. The lowest BCUT2D eigenvalue weighted by molar-refractivity contribution is 0.0678. The maximum Gasteiger partial charge on any atom is 0.274 e. The van der Waals surface area contributed by atoms with E-state index < -0.39 is 10.2 Å². The summed E-state index contributed by atoms with van der Waals surface area (Å²) in [4.78, 5) is 14.8. The highest BCUT2D eigenvalue weighted by Gasteiger charge is 2.27. The first-order valence-electron chi connectivity index (χ1n) is 6.59. The van der Waals surface area contributed by atoms with Gasteiger partial charge in [0.2, 0.25) is 0 Å². The van der Waals surface area contributed by atoms with Crippen LogP contribution in [0.15, 0.2) is 11.4 Å². The average Bonchev–Trinajstić information content (AvgIpc) is 2.92. The van der Waals surface area contributed by atoms with Gasteiger partial charge in [-0.3, -0.25) is 4.79 Å². The highest BCUT2D eigenvalue weighted by atomic mass is 32.2. The summed E-state index contributed by atoms with van der Waals surface area (Å²) >= 11 is 1.35. The van der Waals surface area contributed by atoms with Gasteiger partial charge in [-0.25, -0.2) is 9.86 Å². The number of hydrogen-bond donors (Lipinski definition) is 2. The summed E-state index contributed by atoms with van der Waals surface area (Å²) in [6.45, 7) is 1.44. The topological polar surface area (TPSA) is 102 Å². The predicted molar refractivity (Wildman–Crippen MR) is 80.6 cm³/mol. The molecule has 2 heterocycles. The van der Waals surface area contributed by atoms with Gasteiger partial charge in [-0.05, 0) is 30.2 Å². The number of ether oxygens (including phenoxy) is 1. The molecule has 0 aliphatic carbocycles. The SMILES string of the molecule is COc1ccsc1C(=O)N1CCCC(CNS(N)(=O)=O)C1. The smallest absolute Gasteiger partial charge is 0.274 e. The van der Waals surface area contributed by atoms with Gasteiger partial charge in [-0.15, -0.1) is 11.3 Å². The Balaban J connectivity index is 1.99. The standard InChI is InChI=1S/C12H19N3O4S2/c1-19-10-4-6-20-11(10)12(16)15-5-2-3-9(8-15)7-14-21(13,17)18/h4,6,9,14H,2-3,5,7-8H2,1H3,(H2,13,17,18). The second kappa shape index (κ2) is 6.73. The van der Waals surface area contributed by atoms with Gasteiger partial charge in [0.05, 0.1) is 7.11 Å². The maximum atomic E-state index is 12.5. The van der Waals surface area contributed by atoms with Gasteiger partial charge in [-0.2, -0.15) is 8.42 Å². The van der Waals surface area contributed by atoms with E-state index in [0.717, 1.165) is 12.8 Å². The first-order chi connectivity index (χ1) is 9.90. The summed E-state index contributed by atoms with van der Waals surface area (Å²) in [6.07, 6.45) is 1.71. The van der Waals surface area contributed by atoms with Crippen molar-refractivity contribution in [1.29, 1.82) is 0 Å². The minimum absolute atomic E-state index is 0.0674. The molecule has 9 heteroatoms. The molecule has 1 unspecified atom stereocenters. The van der Waals surface area contributed by atoms with Crippen molar-refractivity contribution in [1.82, 2.24) is 9.62 Å². The van der Waals surface area contributed by atoms with Gasteiger partial charge < -0.3 is 9.64 Å². The Bertz CT molecular complexity index is 599. The minimum atomic E-state index is -3.69. The average molecular weight is 333 g/mol. The quantitative estimate of drug-likeness (QED) is 0.814. The normalized spacial score (nSPS) is 19.5. The molecule has 0 aromatic carbocycles. The third kappa shape index (κ3) is 4.40. The highest BCUT2D eigenvalue weighted by Crippen LogP contribution is 2.27. The van der Waals surface area contributed by atoms with Crippen LogP contribution in [0.1, 0.15) is 22.5 Å². The Morgan fingerprint density at radius 3 is 3.05 bits per heavy atom. The van der Waals surface area contributed by atoms with Gasteiger partial charge >= 0.3 is 0 Å². The van der Waals surface area contributed by atoms with Gasteiger partial charge in [0.1, 0.15) is 10.6 Å². The van der Waals surface area contributed by atoms with Crippen molar-refractivity contribution in [2.75, 3.05) is 26.7 Å². The number of carbonyl (C=O) groups is 1. The van der Waals surface area contributed by atoms with E-state index in [1.807, 2.05) is 5.38 Å². The molecule has 0 radical (unpaired) electrons. The van der Waals surface area contributed by atoms with Crippen molar-refractivity contribution < 1.29 is 17.9 Å². The second-order valence-corrected chi connectivity index (χ2v) is 7.27. The molecular weight excluding hydrogens is 314 g/mol. The lowest BCUT2D eigenvalue weighted by Crippen LogP contribution is -2.44. The fourth-order valence-corrected chi connectivity index (χ4v) is 3.70. The van der Waals surface area contributed by atoms with Crippen LogP contribution in [-0.2, 0) is 10.2 Å². The van der Waals surface area contributed by atoms with E-state index in [9.17, 15) is 13.2 Å². The number of methoxy groups -OCH3 is 1. The molecule has 1 fully saturated rings. The Morgan fingerprint density at radius 2 is 2.38 bits per heavy atom. The molecule has 0 spiro atoms. The lowest BCUT2D eigenvalue weighted by Gasteiger charge is -2.32. The van der Waals surface area contributed by atoms with Crippen LogP contribution >= 0.6 is 11.3 Å². The number of nitrogens with zero attached hydrogens (tertiary/aromatic N) is 1. The molecule has 7 nitrogen and oxygen atoms in total. The molecule has 1 aliphatic heterocycles. The molecule has 3 N–H and O–H groups in total. The number of likely N-dealkylation sites (tertiary alicyclic amines) is 1. The molecule has 1 saturated heterocycles. The predicted octanol–water partition coefficient (Wildman–Crippen LogP) is 0.402. The summed E-state index contributed by atoms with van der Waals surface area (Å²) in [5, 5.41) is 6.74. The Hall–Kier alpha value is -1.16. The molecule has 21 heavy (non-hydrogen) atoms. The van der Waals surface area contributed by atoms with Crippen molar-refractivity contribution in [2.24, 2.45) is 11.1 Å². The first-order valence-corrected chi connectivity index (χ1v) is 9.01. The highest BCUT2D eigenvalue weighted by molar-refractivity contribution is 7.87. The van der Waals surface area contributed by atoms with Crippen LogP contribution in [0.3, 0.4) is 0 Å². The molecule has 1 aliphatic rings. The van der Waals surface area contributed by atoms with Crippen molar-refractivity contribution in [3.8, 4) is 5.75 Å². The number of nitrogens with one attached hydrogen (secondary N) is 1. The zero-order valence-corrected chi connectivity index (χ0v) is 13.4.